The van der Waals surface area contributed by atoms with Crippen molar-refractivity contribution in [2.45, 2.75) is 12.7 Å². The van der Waals surface area contributed by atoms with E-state index >= 15 is 0 Å². The first kappa shape index (κ1) is 15.5. The van der Waals surface area contributed by atoms with Crippen molar-refractivity contribution in [1.82, 2.24) is 5.32 Å². The van der Waals surface area contributed by atoms with Crippen LogP contribution in [0.3, 0.4) is 0 Å². The van der Waals surface area contributed by atoms with Crippen molar-refractivity contribution in [3.05, 3.63) is 35.4 Å². The highest BCUT2D eigenvalue weighted by Gasteiger charge is 2.32. The zero-order valence-electron chi connectivity index (χ0n) is 10.2. The first-order valence-electron chi connectivity index (χ1n) is 5.63. The summed E-state index contributed by atoms with van der Waals surface area (Å²) in [6, 6.07) is 5.36. The summed E-state index contributed by atoms with van der Waals surface area (Å²) in [4.78, 5) is 10.4. The number of hydrogen-bond acceptors (Lipinski definition) is 3. The van der Waals surface area contributed by atoms with E-state index in [2.05, 4.69) is 5.32 Å². The highest BCUT2D eigenvalue weighted by atomic mass is 19.4. The van der Waals surface area contributed by atoms with Gasteiger partial charge in [-0.15, -0.1) is 0 Å². The van der Waals surface area contributed by atoms with Crippen LogP contribution < -0.4 is 11.1 Å². The van der Waals surface area contributed by atoms with Gasteiger partial charge in [0.15, 0.2) is 0 Å². The molecule has 0 fully saturated rings. The zero-order chi connectivity index (χ0) is 14.3. The normalized spacial score (nSPS) is 11.5. The van der Waals surface area contributed by atoms with Crippen LogP contribution in [0, 0.1) is 0 Å². The van der Waals surface area contributed by atoms with Gasteiger partial charge in [0.2, 0.25) is 5.91 Å². The van der Waals surface area contributed by atoms with E-state index in [9.17, 15) is 18.0 Å². The fourth-order valence-electron chi connectivity index (χ4n) is 1.49. The number of nitrogens with one attached hydrogen (secondary N) is 1. The standard InChI is InChI=1S/C12H15F3N2O2/c13-12(14,15)10-4-2-1-3-9(10)7-17-5-6-19-8-11(16)18/h1-4,17H,5-8H2,(H2,16,18). The third-order valence-corrected chi connectivity index (χ3v) is 2.31. The van der Waals surface area contributed by atoms with Gasteiger partial charge in [-0.2, -0.15) is 13.2 Å². The third-order valence-electron chi connectivity index (χ3n) is 2.31. The molecule has 0 unspecified atom stereocenters. The fraction of sp³-hybridized carbons (Fsp3) is 0.417. The number of nitrogens with two attached hydrogens (primary N) is 1. The summed E-state index contributed by atoms with van der Waals surface area (Å²) in [5.41, 5.74) is 4.38. The van der Waals surface area contributed by atoms with E-state index in [0.717, 1.165) is 6.07 Å². The van der Waals surface area contributed by atoms with Crippen LogP contribution in [0.5, 0.6) is 0 Å². The number of halogens is 3. The molecule has 106 valence electrons. The topological polar surface area (TPSA) is 64.4 Å². The summed E-state index contributed by atoms with van der Waals surface area (Å²) >= 11 is 0. The Morgan fingerprint density at radius 3 is 2.63 bits per heavy atom. The number of hydrogen-bond donors (Lipinski definition) is 2. The predicted molar refractivity (Wildman–Crippen MR) is 63.2 cm³/mol. The van der Waals surface area contributed by atoms with Crippen LogP contribution in [-0.2, 0) is 22.3 Å². The Hall–Kier alpha value is -1.60. The van der Waals surface area contributed by atoms with Gasteiger partial charge < -0.3 is 15.8 Å². The number of rotatable bonds is 7. The lowest BCUT2D eigenvalue weighted by Crippen LogP contribution is -2.24. The number of amides is 1. The molecule has 0 heterocycles. The Morgan fingerprint density at radius 1 is 1.32 bits per heavy atom. The van der Waals surface area contributed by atoms with Gasteiger partial charge in [0.05, 0.1) is 12.2 Å². The minimum absolute atomic E-state index is 0.0790. The molecule has 4 nitrogen and oxygen atoms in total. The molecular formula is C12H15F3N2O2. The van der Waals surface area contributed by atoms with E-state index < -0.39 is 17.6 Å². The molecule has 1 amide bonds. The second-order valence-corrected chi connectivity index (χ2v) is 3.85. The minimum Gasteiger partial charge on any atom is -0.370 e. The van der Waals surface area contributed by atoms with Gasteiger partial charge in [0.25, 0.3) is 0 Å². The lowest BCUT2D eigenvalue weighted by Gasteiger charge is -2.13. The maximum absolute atomic E-state index is 12.7. The van der Waals surface area contributed by atoms with Crippen LogP contribution in [0.15, 0.2) is 24.3 Å². The predicted octanol–water partition coefficient (Wildman–Crippen LogP) is 1.30. The van der Waals surface area contributed by atoms with Gasteiger partial charge in [0, 0.05) is 13.1 Å². The molecule has 1 aromatic rings. The molecule has 0 bridgehead atoms. The van der Waals surface area contributed by atoms with E-state index in [1.165, 1.54) is 12.1 Å². The molecule has 0 spiro atoms. The van der Waals surface area contributed by atoms with E-state index in [1.54, 1.807) is 6.07 Å². The number of carbonyl (C=O) groups excluding carboxylic acids is 1. The lowest BCUT2D eigenvalue weighted by atomic mass is 10.1. The third kappa shape index (κ3) is 5.71. The van der Waals surface area contributed by atoms with Gasteiger partial charge in [-0.1, -0.05) is 18.2 Å². The molecule has 0 radical (unpaired) electrons. The van der Waals surface area contributed by atoms with E-state index in [-0.39, 0.29) is 25.3 Å². The van der Waals surface area contributed by atoms with Crippen LogP contribution >= 0.6 is 0 Å². The van der Waals surface area contributed by atoms with Crippen molar-refractivity contribution >= 4 is 5.91 Å². The van der Waals surface area contributed by atoms with Crippen LogP contribution in [0.1, 0.15) is 11.1 Å². The van der Waals surface area contributed by atoms with Crippen molar-refractivity contribution < 1.29 is 22.7 Å². The molecule has 0 aliphatic heterocycles. The largest absolute Gasteiger partial charge is 0.416 e. The van der Waals surface area contributed by atoms with Crippen molar-refractivity contribution in [1.29, 1.82) is 0 Å². The molecule has 0 aromatic heterocycles. The second-order valence-electron chi connectivity index (χ2n) is 3.85. The quantitative estimate of drug-likeness (QED) is 0.738. The van der Waals surface area contributed by atoms with Gasteiger partial charge >= 0.3 is 6.18 Å². The minimum atomic E-state index is -4.36. The van der Waals surface area contributed by atoms with Gasteiger partial charge in [-0.3, -0.25) is 4.79 Å². The Bertz CT molecular complexity index is 422. The summed E-state index contributed by atoms with van der Waals surface area (Å²) in [6.07, 6.45) is -4.36. The molecule has 0 atom stereocenters. The number of benzene rings is 1. The molecule has 7 heteroatoms. The summed E-state index contributed by atoms with van der Waals surface area (Å²) < 4.78 is 42.9. The fourth-order valence-corrected chi connectivity index (χ4v) is 1.49. The number of alkyl halides is 3. The molecule has 0 saturated carbocycles. The average Bonchev–Trinajstić information content (AvgIpc) is 2.32. The molecule has 0 aliphatic rings. The number of primary amides is 1. The maximum Gasteiger partial charge on any atom is 0.416 e. The van der Waals surface area contributed by atoms with Gasteiger partial charge in [0.1, 0.15) is 6.61 Å². The van der Waals surface area contributed by atoms with Crippen LogP contribution in [0.25, 0.3) is 0 Å². The summed E-state index contributed by atoms with van der Waals surface area (Å²) in [5, 5.41) is 2.81. The average molecular weight is 276 g/mol. The van der Waals surface area contributed by atoms with E-state index in [0.29, 0.717) is 6.54 Å². The Labute approximate surface area is 108 Å². The second kappa shape index (κ2) is 7.10. The summed E-state index contributed by atoms with van der Waals surface area (Å²) in [6.45, 7) is 0.424. The molecule has 1 rings (SSSR count). The Morgan fingerprint density at radius 2 is 2.00 bits per heavy atom. The molecule has 19 heavy (non-hydrogen) atoms. The first-order valence-corrected chi connectivity index (χ1v) is 5.63. The molecule has 0 aliphatic carbocycles. The lowest BCUT2D eigenvalue weighted by molar-refractivity contribution is -0.138. The molecule has 1 aromatic carbocycles. The maximum atomic E-state index is 12.7. The summed E-state index contributed by atoms with van der Waals surface area (Å²) in [5.74, 6) is -0.581. The molecule has 3 N–H and O–H groups in total. The van der Waals surface area contributed by atoms with Crippen LogP contribution in [0.4, 0.5) is 13.2 Å². The molecule has 0 saturated heterocycles. The highest BCUT2D eigenvalue weighted by molar-refractivity contribution is 5.74. The first-order chi connectivity index (χ1) is 8.91. The Balaban J connectivity index is 2.39. The van der Waals surface area contributed by atoms with Crippen molar-refractivity contribution in [2.75, 3.05) is 19.8 Å². The Kier molecular flexibility index (Phi) is 5.78. The van der Waals surface area contributed by atoms with Crippen molar-refractivity contribution in [3.63, 3.8) is 0 Å². The van der Waals surface area contributed by atoms with Crippen LogP contribution in [-0.4, -0.2) is 25.7 Å². The van der Waals surface area contributed by atoms with Gasteiger partial charge in [-0.25, -0.2) is 0 Å². The monoisotopic (exact) mass is 276 g/mol. The number of ether oxygens (including phenoxy) is 1. The summed E-state index contributed by atoms with van der Waals surface area (Å²) in [7, 11) is 0. The SMILES string of the molecule is NC(=O)COCCNCc1ccccc1C(F)(F)F. The highest BCUT2D eigenvalue weighted by Crippen LogP contribution is 2.31. The van der Waals surface area contributed by atoms with Gasteiger partial charge in [-0.05, 0) is 11.6 Å². The van der Waals surface area contributed by atoms with Crippen LogP contribution in [0.2, 0.25) is 0 Å². The van der Waals surface area contributed by atoms with E-state index in [4.69, 9.17) is 10.5 Å². The van der Waals surface area contributed by atoms with E-state index in [1.807, 2.05) is 0 Å². The smallest absolute Gasteiger partial charge is 0.370 e. The van der Waals surface area contributed by atoms with Crippen molar-refractivity contribution in [3.8, 4) is 0 Å². The zero-order valence-corrected chi connectivity index (χ0v) is 10.2. The molecular weight excluding hydrogens is 261 g/mol. The van der Waals surface area contributed by atoms with Crippen molar-refractivity contribution in [2.24, 2.45) is 5.73 Å². The number of carbonyl (C=O) groups is 1.